The maximum atomic E-state index is 10.8. The normalized spacial score (nSPS) is 15.2. The minimum atomic E-state index is -1.39. The third-order valence-electron chi connectivity index (χ3n) is 1.62. The van der Waals surface area contributed by atoms with Gasteiger partial charge in [0, 0.05) is 13.3 Å². The van der Waals surface area contributed by atoms with E-state index in [9.17, 15) is 9.59 Å². The van der Waals surface area contributed by atoms with Crippen molar-refractivity contribution in [3.05, 3.63) is 0 Å². The molecule has 0 bridgehead atoms. The molecule has 0 spiro atoms. The minimum absolute atomic E-state index is 0.167. The van der Waals surface area contributed by atoms with Gasteiger partial charge in [0.15, 0.2) is 0 Å². The molecule has 1 N–H and O–H groups in total. The van der Waals surface area contributed by atoms with Crippen LogP contribution in [0.5, 0.6) is 0 Å². The molecule has 0 saturated carbocycles. The predicted octanol–water partition coefficient (Wildman–Crippen LogP) is 1.44. The molecule has 0 aromatic heterocycles. The van der Waals surface area contributed by atoms with Gasteiger partial charge in [-0.15, -0.1) is 0 Å². The van der Waals surface area contributed by atoms with Gasteiger partial charge < -0.3 is 9.84 Å². The molecule has 4 nitrogen and oxygen atoms in total. The van der Waals surface area contributed by atoms with Crippen LogP contribution >= 0.6 is 0 Å². The maximum Gasteiger partial charge on any atom is 0.347 e. The number of aliphatic carboxylic acids is 1. The van der Waals surface area contributed by atoms with E-state index >= 15 is 0 Å². The molecule has 0 aliphatic carbocycles. The predicted molar refractivity (Wildman–Crippen MR) is 47.3 cm³/mol. The van der Waals surface area contributed by atoms with E-state index in [0.717, 1.165) is 0 Å². The Balaban J connectivity index is 4.52. The highest BCUT2D eigenvalue weighted by atomic mass is 16.6. The minimum Gasteiger partial charge on any atom is -0.478 e. The topological polar surface area (TPSA) is 63.6 Å². The van der Waals surface area contributed by atoms with Gasteiger partial charge in [0.1, 0.15) is 0 Å². The third kappa shape index (κ3) is 3.92. The molecule has 76 valence electrons. The zero-order chi connectivity index (χ0) is 10.6. The lowest BCUT2D eigenvalue weighted by Crippen LogP contribution is -2.41. The molecular weight excluding hydrogens is 172 g/mol. The maximum absolute atomic E-state index is 10.8. The number of hydrogen-bond acceptors (Lipinski definition) is 3. The summed E-state index contributed by atoms with van der Waals surface area (Å²) in [6, 6.07) is 0. The van der Waals surface area contributed by atoms with Crippen molar-refractivity contribution < 1.29 is 19.4 Å². The van der Waals surface area contributed by atoms with Crippen LogP contribution in [0.4, 0.5) is 0 Å². The molecular formula is C9H16O4. The van der Waals surface area contributed by atoms with Crippen molar-refractivity contribution in [1.82, 2.24) is 0 Å². The monoisotopic (exact) mass is 188 g/mol. The molecule has 0 saturated heterocycles. The highest BCUT2D eigenvalue weighted by Crippen LogP contribution is 2.21. The molecule has 0 aliphatic rings. The van der Waals surface area contributed by atoms with Crippen LogP contribution in [0.3, 0.4) is 0 Å². The fourth-order valence-electron chi connectivity index (χ4n) is 1.27. The van der Waals surface area contributed by atoms with Crippen LogP contribution in [0.25, 0.3) is 0 Å². The van der Waals surface area contributed by atoms with E-state index < -0.39 is 17.5 Å². The number of carbonyl (C=O) groups excluding carboxylic acids is 1. The highest BCUT2D eigenvalue weighted by Gasteiger charge is 2.37. The molecule has 0 aliphatic heterocycles. The van der Waals surface area contributed by atoms with Crippen LogP contribution in [0.15, 0.2) is 0 Å². The van der Waals surface area contributed by atoms with Crippen molar-refractivity contribution >= 4 is 11.9 Å². The van der Waals surface area contributed by atoms with Crippen molar-refractivity contribution in [2.24, 2.45) is 5.92 Å². The Morgan fingerprint density at radius 3 is 2.15 bits per heavy atom. The smallest absolute Gasteiger partial charge is 0.347 e. The number of carboxylic acid groups (broad SMARTS) is 1. The Bertz CT molecular complexity index is 210. The van der Waals surface area contributed by atoms with Gasteiger partial charge in [-0.3, -0.25) is 4.79 Å². The summed E-state index contributed by atoms with van der Waals surface area (Å²) >= 11 is 0. The molecule has 0 fully saturated rings. The molecule has 0 aromatic carbocycles. The third-order valence-corrected chi connectivity index (χ3v) is 1.62. The average molecular weight is 188 g/mol. The SMILES string of the molecule is CC(=O)OC(C)(CC(C)C)C(=O)O. The first-order valence-electron chi connectivity index (χ1n) is 4.21. The van der Waals surface area contributed by atoms with Gasteiger partial charge in [-0.25, -0.2) is 4.79 Å². The lowest BCUT2D eigenvalue weighted by Gasteiger charge is -2.25. The second-order valence-electron chi connectivity index (χ2n) is 3.73. The lowest BCUT2D eigenvalue weighted by molar-refractivity contribution is -0.176. The van der Waals surface area contributed by atoms with Gasteiger partial charge in [0.25, 0.3) is 0 Å². The van der Waals surface area contributed by atoms with Gasteiger partial charge >= 0.3 is 11.9 Å². The number of carbonyl (C=O) groups is 2. The molecule has 0 rings (SSSR count). The van der Waals surface area contributed by atoms with Crippen LogP contribution < -0.4 is 0 Å². The van der Waals surface area contributed by atoms with E-state index in [1.54, 1.807) is 0 Å². The first-order chi connectivity index (χ1) is 5.78. The summed E-state index contributed by atoms with van der Waals surface area (Å²) in [5.74, 6) is -1.50. The van der Waals surface area contributed by atoms with Gasteiger partial charge in [0.2, 0.25) is 5.60 Å². The van der Waals surface area contributed by atoms with Crippen LogP contribution in [0.1, 0.15) is 34.1 Å². The Labute approximate surface area is 77.9 Å². The summed E-state index contributed by atoms with van der Waals surface area (Å²) < 4.78 is 4.77. The molecule has 1 unspecified atom stereocenters. The number of ether oxygens (including phenoxy) is 1. The summed E-state index contributed by atoms with van der Waals surface area (Å²) in [5, 5.41) is 8.85. The first kappa shape index (κ1) is 11.9. The Morgan fingerprint density at radius 1 is 1.46 bits per heavy atom. The zero-order valence-corrected chi connectivity index (χ0v) is 8.46. The van der Waals surface area contributed by atoms with Gasteiger partial charge in [-0.1, -0.05) is 13.8 Å². The largest absolute Gasteiger partial charge is 0.478 e. The second kappa shape index (κ2) is 4.25. The van der Waals surface area contributed by atoms with E-state index in [2.05, 4.69) is 0 Å². The fraction of sp³-hybridized carbons (Fsp3) is 0.778. The summed E-state index contributed by atoms with van der Waals surface area (Å²) in [6.45, 7) is 6.38. The molecule has 4 heteroatoms. The van der Waals surface area contributed by atoms with Crippen LogP contribution in [0, 0.1) is 5.92 Å². The Kier molecular flexibility index (Phi) is 3.91. The van der Waals surface area contributed by atoms with E-state index in [4.69, 9.17) is 9.84 Å². The van der Waals surface area contributed by atoms with Crippen molar-refractivity contribution in [1.29, 1.82) is 0 Å². The van der Waals surface area contributed by atoms with Gasteiger partial charge in [-0.05, 0) is 12.8 Å². The molecule has 0 amide bonds. The number of esters is 1. The molecule has 0 radical (unpaired) electrons. The number of rotatable bonds is 4. The number of hydrogen-bond donors (Lipinski definition) is 1. The number of carboxylic acids is 1. The van der Waals surface area contributed by atoms with Crippen LogP contribution in [0.2, 0.25) is 0 Å². The van der Waals surface area contributed by atoms with E-state index in [0.29, 0.717) is 6.42 Å². The molecule has 13 heavy (non-hydrogen) atoms. The molecule has 0 heterocycles. The van der Waals surface area contributed by atoms with Crippen molar-refractivity contribution in [2.45, 2.75) is 39.7 Å². The van der Waals surface area contributed by atoms with E-state index in [1.807, 2.05) is 13.8 Å². The Morgan fingerprint density at radius 2 is 1.92 bits per heavy atom. The van der Waals surface area contributed by atoms with E-state index in [1.165, 1.54) is 13.8 Å². The van der Waals surface area contributed by atoms with Crippen molar-refractivity contribution in [3.63, 3.8) is 0 Å². The summed E-state index contributed by atoms with van der Waals surface area (Å²) in [4.78, 5) is 21.5. The van der Waals surface area contributed by atoms with Crippen molar-refractivity contribution in [2.75, 3.05) is 0 Å². The van der Waals surface area contributed by atoms with Crippen LogP contribution in [-0.4, -0.2) is 22.6 Å². The highest BCUT2D eigenvalue weighted by molar-refractivity contribution is 5.80. The summed E-state index contributed by atoms with van der Waals surface area (Å²) in [5.41, 5.74) is -1.39. The van der Waals surface area contributed by atoms with Crippen molar-refractivity contribution in [3.8, 4) is 0 Å². The summed E-state index contributed by atoms with van der Waals surface area (Å²) in [6.07, 6.45) is 0.321. The van der Waals surface area contributed by atoms with Gasteiger partial charge in [-0.2, -0.15) is 0 Å². The van der Waals surface area contributed by atoms with Gasteiger partial charge in [0.05, 0.1) is 0 Å². The van der Waals surface area contributed by atoms with Crippen LogP contribution in [-0.2, 0) is 14.3 Å². The Hall–Kier alpha value is -1.06. The molecule has 1 atom stereocenters. The first-order valence-corrected chi connectivity index (χ1v) is 4.21. The lowest BCUT2D eigenvalue weighted by atomic mass is 9.94. The summed E-state index contributed by atoms with van der Waals surface area (Å²) in [7, 11) is 0. The quantitative estimate of drug-likeness (QED) is 0.678. The molecule has 0 aromatic rings. The second-order valence-corrected chi connectivity index (χ2v) is 3.73. The van der Waals surface area contributed by atoms with E-state index in [-0.39, 0.29) is 5.92 Å². The fourth-order valence-corrected chi connectivity index (χ4v) is 1.27. The average Bonchev–Trinajstić information content (AvgIpc) is 1.82. The zero-order valence-electron chi connectivity index (χ0n) is 8.46. The standard InChI is InChI=1S/C9H16O4/c1-6(2)5-9(4,8(11)12)13-7(3)10/h6H,5H2,1-4H3,(H,11,12).